The number of carbonyl (C=O) groups is 3. The van der Waals surface area contributed by atoms with Crippen LogP contribution in [0.1, 0.15) is 112 Å². The molecular weight excluding hydrogens is 722 g/mol. The highest BCUT2D eigenvalue weighted by Crippen LogP contribution is 2.39. The maximum absolute atomic E-state index is 14.3. The number of allylic oxidation sites excluding steroid dienone is 2. The summed E-state index contributed by atoms with van der Waals surface area (Å²) in [6, 6.07) is -1.11. The summed E-state index contributed by atoms with van der Waals surface area (Å²) in [7, 11) is 4.66. The Hall–Kier alpha value is -2.23. The van der Waals surface area contributed by atoms with Gasteiger partial charge in [-0.1, -0.05) is 45.4 Å². The number of fused-ring (bicyclic) bond motifs is 3. The summed E-state index contributed by atoms with van der Waals surface area (Å²) < 4.78 is 29.8. The van der Waals surface area contributed by atoms with Crippen LogP contribution >= 0.6 is 0 Å². The smallest absolute Gasteiger partial charge is 0.329 e. The van der Waals surface area contributed by atoms with Crippen LogP contribution in [0, 0.1) is 29.6 Å². The molecule has 1 saturated carbocycles. The maximum Gasteiger partial charge on any atom is 0.329 e. The summed E-state index contributed by atoms with van der Waals surface area (Å²) >= 11 is 0. The molecule has 9 unspecified atom stereocenters. The predicted molar refractivity (Wildman–Crippen MR) is 209 cm³/mol. The molecule has 0 spiro atoms. The van der Waals surface area contributed by atoms with Crippen molar-refractivity contribution in [1.82, 2.24) is 4.90 Å². The lowest BCUT2D eigenvalue weighted by Crippen LogP contribution is -2.64. The van der Waals surface area contributed by atoms with Crippen LogP contribution in [0.25, 0.3) is 0 Å². The minimum absolute atomic E-state index is 0.0185. The van der Waals surface area contributed by atoms with E-state index in [9.17, 15) is 34.8 Å². The summed E-state index contributed by atoms with van der Waals surface area (Å²) in [6.45, 7) is 11.5. The number of amides is 1. The molecule has 56 heavy (non-hydrogen) atoms. The minimum Gasteiger partial charge on any atom is -0.456 e. The van der Waals surface area contributed by atoms with Gasteiger partial charge in [-0.25, -0.2) is 4.79 Å². The van der Waals surface area contributed by atoms with Gasteiger partial charge in [-0.15, -0.1) is 0 Å². The van der Waals surface area contributed by atoms with Crippen LogP contribution < -0.4 is 0 Å². The van der Waals surface area contributed by atoms with E-state index >= 15 is 0 Å². The molecule has 3 heterocycles. The number of aliphatic hydroxyl groups is 4. The molecule has 4 rings (SSSR count). The molecule has 3 fully saturated rings. The van der Waals surface area contributed by atoms with Crippen molar-refractivity contribution in [3.05, 3.63) is 23.3 Å². The Morgan fingerprint density at radius 2 is 1.55 bits per heavy atom. The number of hydrogen-bond donors (Lipinski definition) is 4. The lowest BCUT2D eigenvalue weighted by atomic mass is 9.81. The Morgan fingerprint density at radius 3 is 2.20 bits per heavy atom. The first kappa shape index (κ1) is 46.5. The Labute approximate surface area is 334 Å². The number of esters is 1. The average molecular weight is 794 g/mol. The molecular formula is C43H71NO12. The van der Waals surface area contributed by atoms with E-state index in [0.717, 1.165) is 5.57 Å². The van der Waals surface area contributed by atoms with Crippen molar-refractivity contribution in [1.29, 1.82) is 0 Å². The molecule has 2 saturated heterocycles. The largest absolute Gasteiger partial charge is 0.456 e. The SMILES string of the molecule is CCC1/C=C(\C)C[C@H](C)CC(OC)[C@H]2O[C@@](O)(C(=O)C(=O)N3CCCCC3C(=O)OC(/C(C)=C/C3CCC(O)[C@H](OC)C3)C(C)C(O)CC1O)[C@H](C)C[C@@H]2OC. The quantitative estimate of drug-likeness (QED) is 0.171. The summed E-state index contributed by atoms with van der Waals surface area (Å²) in [5.74, 6) is -7.01. The monoisotopic (exact) mass is 793 g/mol. The Kier molecular flexibility index (Phi) is 17.1. The highest BCUT2D eigenvalue weighted by molar-refractivity contribution is 6.39. The minimum atomic E-state index is -2.49. The van der Waals surface area contributed by atoms with Crippen LogP contribution in [-0.4, -0.2) is 132 Å². The number of rotatable bonds is 6. The Morgan fingerprint density at radius 1 is 0.893 bits per heavy atom. The molecule has 13 nitrogen and oxygen atoms in total. The molecule has 320 valence electrons. The highest BCUT2D eigenvalue weighted by atomic mass is 16.7. The van der Waals surface area contributed by atoms with Crippen molar-refractivity contribution in [3.63, 3.8) is 0 Å². The predicted octanol–water partition coefficient (Wildman–Crippen LogP) is 4.26. The molecule has 1 amide bonds. The van der Waals surface area contributed by atoms with Crippen molar-refractivity contribution in [3.8, 4) is 0 Å². The molecule has 4 N–H and O–H groups in total. The molecule has 13 heteroatoms. The molecule has 0 aromatic carbocycles. The normalized spacial score (nSPS) is 42.9. The van der Waals surface area contributed by atoms with Gasteiger partial charge in [0.15, 0.2) is 0 Å². The van der Waals surface area contributed by atoms with E-state index in [1.165, 1.54) is 4.90 Å². The van der Waals surface area contributed by atoms with E-state index in [2.05, 4.69) is 13.0 Å². The average Bonchev–Trinajstić information content (AvgIpc) is 3.18. The maximum atomic E-state index is 14.3. The van der Waals surface area contributed by atoms with Gasteiger partial charge in [-0.05, 0) is 95.5 Å². The number of ether oxygens (including phenoxy) is 5. The Balaban J connectivity index is 1.76. The molecule has 0 aromatic heterocycles. The first-order chi connectivity index (χ1) is 26.5. The lowest BCUT2D eigenvalue weighted by Gasteiger charge is -2.47. The zero-order valence-electron chi connectivity index (χ0n) is 35.2. The zero-order chi connectivity index (χ0) is 41.5. The fraction of sp³-hybridized carbons (Fsp3) is 0.837. The van der Waals surface area contributed by atoms with Crippen LogP contribution in [0.5, 0.6) is 0 Å². The second kappa shape index (κ2) is 20.6. The van der Waals surface area contributed by atoms with E-state index < -0.39 is 84.1 Å². The first-order valence-corrected chi connectivity index (χ1v) is 20.9. The number of aliphatic hydroxyl groups excluding tert-OH is 3. The van der Waals surface area contributed by atoms with Gasteiger partial charge < -0.3 is 49.0 Å². The van der Waals surface area contributed by atoms with Crippen LogP contribution in [0.2, 0.25) is 0 Å². The number of nitrogens with zero attached hydrogens (tertiary/aromatic N) is 1. The van der Waals surface area contributed by atoms with E-state index in [4.69, 9.17) is 23.7 Å². The van der Waals surface area contributed by atoms with Crippen LogP contribution in [0.3, 0.4) is 0 Å². The van der Waals surface area contributed by atoms with Crippen LogP contribution in [-0.2, 0) is 38.1 Å². The number of methoxy groups -OCH3 is 3. The molecule has 2 bridgehead atoms. The van der Waals surface area contributed by atoms with Crippen LogP contribution in [0.4, 0.5) is 0 Å². The Bertz CT molecular complexity index is 1390. The van der Waals surface area contributed by atoms with E-state index in [-0.39, 0.29) is 49.7 Å². The van der Waals surface area contributed by atoms with E-state index in [1.807, 2.05) is 26.8 Å². The second-order valence-corrected chi connectivity index (χ2v) is 17.3. The molecule has 1 aliphatic carbocycles. The van der Waals surface area contributed by atoms with E-state index in [1.54, 1.807) is 35.2 Å². The summed E-state index contributed by atoms with van der Waals surface area (Å²) in [5, 5.41) is 45.7. The van der Waals surface area contributed by atoms with Crippen molar-refractivity contribution in [2.75, 3.05) is 27.9 Å². The van der Waals surface area contributed by atoms with Gasteiger partial charge in [-0.2, -0.15) is 0 Å². The van der Waals surface area contributed by atoms with Gasteiger partial charge in [0, 0.05) is 52.0 Å². The molecule has 3 aliphatic heterocycles. The van der Waals surface area contributed by atoms with Crippen molar-refractivity contribution >= 4 is 17.7 Å². The number of cyclic esters (lactones) is 1. The third-order valence-corrected chi connectivity index (χ3v) is 13.1. The molecule has 0 radical (unpaired) electrons. The number of ketones is 1. The third kappa shape index (κ3) is 10.9. The van der Waals surface area contributed by atoms with Gasteiger partial charge in [-0.3, -0.25) is 9.59 Å². The van der Waals surface area contributed by atoms with Gasteiger partial charge in [0.1, 0.15) is 18.2 Å². The zero-order valence-corrected chi connectivity index (χ0v) is 35.2. The molecule has 4 aliphatic rings. The molecule has 0 aromatic rings. The highest BCUT2D eigenvalue weighted by Gasteiger charge is 2.56. The van der Waals surface area contributed by atoms with Gasteiger partial charge >= 0.3 is 5.97 Å². The number of hydrogen-bond acceptors (Lipinski definition) is 12. The van der Waals surface area contributed by atoms with Gasteiger partial charge in [0.2, 0.25) is 5.79 Å². The second-order valence-electron chi connectivity index (χ2n) is 17.3. The topological polar surface area (TPSA) is 182 Å². The molecule has 15 atom stereocenters. The third-order valence-electron chi connectivity index (χ3n) is 13.1. The summed E-state index contributed by atoms with van der Waals surface area (Å²) in [5.41, 5.74) is 1.75. The van der Waals surface area contributed by atoms with Crippen molar-refractivity contribution in [2.24, 2.45) is 29.6 Å². The van der Waals surface area contributed by atoms with Crippen LogP contribution in [0.15, 0.2) is 23.3 Å². The fourth-order valence-corrected chi connectivity index (χ4v) is 9.57. The number of piperidine rings is 1. The van der Waals surface area contributed by atoms with Gasteiger partial charge in [0.25, 0.3) is 11.7 Å². The van der Waals surface area contributed by atoms with Crippen molar-refractivity contribution in [2.45, 2.75) is 173 Å². The number of carbonyl (C=O) groups excluding carboxylic acids is 3. The van der Waals surface area contributed by atoms with Crippen molar-refractivity contribution < 1.29 is 58.5 Å². The standard InChI is InChI=1S/C43H71NO12/c1-10-30-18-24(2)17-25(3)19-36(53-8)39-37(54-9)21-27(5)43(51,56-39)40(48)41(49)44-16-12-11-13-31(44)42(50)55-38(28(6)33(46)23-34(30)47)26(4)20-29-14-15-32(45)35(22-29)52-7/h18,20,25,27-39,45-47,51H,10-17,19,21-23H2,1-9H3/b24-18+,26-20+/t25-,27+,28?,29?,30?,31?,32?,33?,34?,35+,36?,37-,38?,39+,43+/m0/s1. The lowest BCUT2D eigenvalue weighted by molar-refractivity contribution is -0.302. The summed E-state index contributed by atoms with van der Waals surface area (Å²) in [6.07, 6.45) is 3.62. The van der Waals surface area contributed by atoms with E-state index in [0.29, 0.717) is 56.9 Å². The number of Topliss-reactive ketones (excluding diaryl/α,β-unsaturated/α-hetero) is 1. The summed E-state index contributed by atoms with van der Waals surface area (Å²) in [4.78, 5) is 43.9. The first-order valence-electron chi connectivity index (χ1n) is 20.9. The fourth-order valence-electron chi connectivity index (χ4n) is 9.57. The van der Waals surface area contributed by atoms with Gasteiger partial charge in [0.05, 0.1) is 36.6 Å².